The van der Waals surface area contributed by atoms with Crippen LogP contribution in [0.3, 0.4) is 0 Å². The number of rotatable bonds is 17. The molecule has 3 aromatic carbocycles. The molecule has 0 bridgehead atoms. The van der Waals surface area contributed by atoms with Crippen molar-refractivity contribution in [2.24, 2.45) is 0 Å². The van der Waals surface area contributed by atoms with E-state index in [4.69, 9.17) is 25.8 Å². The lowest BCUT2D eigenvalue weighted by molar-refractivity contribution is -0.142. The molecule has 1 saturated heterocycles. The van der Waals surface area contributed by atoms with E-state index < -0.39 is 18.1 Å². The van der Waals surface area contributed by atoms with Gasteiger partial charge in [-0.3, -0.25) is 15.1 Å². The zero-order chi connectivity index (χ0) is 37.2. The number of benzene rings is 3. The van der Waals surface area contributed by atoms with Crippen LogP contribution in [-0.2, 0) is 24.6 Å². The molecule has 11 nitrogen and oxygen atoms in total. The van der Waals surface area contributed by atoms with Crippen molar-refractivity contribution in [1.82, 2.24) is 15.2 Å². The van der Waals surface area contributed by atoms with Crippen molar-refractivity contribution < 1.29 is 34.3 Å². The molecular formula is C40H45ClN4O7. The summed E-state index contributed by atoms with van der Waals surface area (Å²) in [5.74, 6) is 0.409. The topological polar surface area (TPSA) is 157 Å². The monoisotopic (exact) mass is 728 g/mol. The highest BCUT2D eigenvalue weighted by Gasteiger charge is 2.24. The van der Waals surface area contributed by atoms with E-state index >= 15 is 0 Å². The number of pyridine rings is 1. The number of aromatic nitrogens is 1. The van der Waals surface area contributed by atoms with Crippen molar-refractivity contribution in [2.45, 2.75) is 71.6 Å². The third-order valence-electron chi connectivity index (χ3n) is 9.22. The molecular weight excluding hydrogens is 684 g/mol. The molecule has 1 aliphatic rings. The number of likely N-dealkylation sites (tertiary alicyclic amines) is 1. The summed E-state index contributed by atoms with van der Waals surface area (Å²) in [6.45, 7) is 9.01. The van der Waals surface area contributed by atoms with E-state index in [-0.39, 0.29) is 25.9 Å². The summed E-state index contributed by atoms with van der Waals surface area (Å²) in [4.78, 5) is 18.1. The second-order valence-electron chi connectivity index (χ2n) is 13.1. The van der Waals surface area contributed by atoms with E-state index in [2.05, 4.69) is 47.3 Å². The van der Waals surface area contributed by atoms with Crippen LogP contribution in [0.5, 0.6) is 17.2 Å². The predicted molar refractivity (Wildman–Crippen MR) is 198 cm³/mol. The largest absolute Gasteiger partial charge is 0.493 e. The van der Waals surface area contributed by atoms with Crippen molar-refractivity contribution in [1.29, 1.82) is 5.26 Å². The van der Waals surface area contributed by atoms with Crippen LogP contribution >= 0.6 is 11.6 Å². The molecule has 2 heterocycles. The third-order valence-corrected chi connectivity index (χ3v) is 9.52. The average Bonchev–Trinajstić information content (AvgIpc) is 3.54. The van der Waals surface area contributed by atoms with E-state index in [1.54, 1.807) is 24.4 Å². The molecule has 4 aromatic rings. The zero-order valence-electron chi connectivity index (χ0n) is 29.6. The first-order chi connectivity index (χ1) is 25.0. The standard InChI is InChI=1S/C40H45ClN4O7/c1-25-30(7-4-8-33(25)34-9-5-10-36(26(34)2)50-14-6-12-45-13-11-32(47)22-45)24-52-38-17-37(51-23-29-15-28(18-42)19-43-20-29)31(16-35(38)41)21-44-39(27(3)46)40(48)49/h4-5,7-10,15-17,19-20,27,32,39,44,46-47H,6,11-14,21-24H2,1-3H3,(H,48,49)/t27-,32-,39+/m1/s1. The van der Waals surface area contributed by atoms with Gasteiger partial charge in [-0.2, -0.15) is 5.26 Å². The minimum absolute atomic E-state index is 0.0412. The Morgan fingerprint density at radius 2 is 1.77 bits per heavy atom. The zero-order valence-corrected chi connectivity index (χ0v) is 30.4. The number of hydrogen-bond donors (Lipinski definition) is 4. The third kappa shape index (κ3) is 10.00. The molecule has 0 spiro atoms. The first kappa shape index (κ1) is 38.5. The Balaban J connectivity index is 1.31. The minimum atomic E-state index is -1.21. The van der Waals surface area contributed by atoms with E-state index in [9.17, 15) is 25.4 Å². The van der Waals surface area contributed by atoms with E-state index in [0.29, 0.717) is 39.8 Å². The highest BCUT2D eigenvalue weighted by Crippen LogP contribution is 2.36. The minimum Gasteiger partial charge on any atom is -0.493 e. The molecule has 0 radical (unpaired) electrons. The summed E-state index contributed by atoms with van der Waals surface area (Å²) in [7, 11) is 0. The van der Waals surface area contributed by atoms with E-state index in [1.807, 2.05) is 24.3 Å². The van der Waals surface area contributed by atoms with E-state index in [0.717, 1.165) is 66.0 Å². The van der Waals surface area contributed by atoms with Crippen molar-refractivity contribution in [3.8, 4) is 34.4 Å². The summed E-state index contributed by atoms with van der Waals surface area (Å²) < 4.78 is 18.6. The lowest BCUT2D eigenvalue weighted by atomic mass is 9.93. The first-order valence-electron chi connectivity index (χ1n) is 17.3. The maximum atomic E-state index is 11.7. The number of halogens is 1. The summed E-state index contributed by atoms with van der Waals surface area (Å²) >= 11 is 6.72. The van der Waals surface area contributed by atoms with Gasteiger partial charge in [0.15, 0.2) is 0 Å². The van der Waals surface area contributed by atoms with Gasteiger partial charge in [0.1, 0.15) is 42.6 Å². The number of carboxylic acid groups (broad SMARTS) is 1. The van der Waals surface area contributed by atoms with Crippen LogP contribution in [0, 0.1) is 25.2 Å². The van der Waals surface area contributed by atoms with Gasteiger partial charge in [0, 0.05) is 55.8 Å². The summed E-state index contributed by atoms with van der Waals surface area (Å²) in [6.07, 6.45) is 3.41. The summed E-state index contributed by atoms with van der Waals surface area (Å²) in [5, 5.41) is 41.7. The molecule has 1 aliphatic heterocycles. The van der Waals surface area contributed by atoms with Crippen LogP contribution < -0.4 is 19.5 Å². The molecule has 1 aromatic heterocycles. The molecule has 1 fully saturated rings. The molecule has 3 atom stereocenters. The van der Waals surface area contributed by atoms with Crippen LogP contribution in [-0.4, -0.2) is 75.7 Å². The van der Waals surface area contributed by atoms with Gasteiger partial charge in [-0.1, -0.05) is 41.9 Å². The SMILES string of the molecule is Cc1c(COc2cc(OCc3cncc(C#N)c3)c(CN[C@H](C(=O)O)[C@@H](C)O)cc2Cl)cccc1-c1cccc(OCCCN2CC[C@@H](O)C2)c1C. The van der Waals surface area contributed by atoms with Gasteiger partial charge in [-0.25, -0.2) is 0 Å². The fourth-order valence-electron chi connectivity index (χ4n) is 6.27. The fraction of sp³-hybridized carbons (Fsp3) is 0.375. The number of nitrogens with one attached hydrogen (secondary N) is 1. The molecule has 274 valence electrons. The number of carboxylic acids is 1. The normalized spacial score (nSPS) is 15.5. The molecule has 5 rings (SSSR count). The Morgan fingerprint density at radius 1 is 1.02 bits per heavy atom. The number of aliphatic hydroxyl groups is 2. The summed E-state index contributed by atoms with van der Waals surface area (Å²) in [6, 6.07) is 18.0. The number of nitriles is 1. The number of aliphatic hydroxyl groups excluding tert-OH is 2. The van der Waals surface area contributed by atoms with E-state index in [1.165, 1.54) is 13.1 Å². The highest BCUT2D eigenvalue weighted by atomic mass is 35.5. The quantitative estimate of drug-likeness (QED) is 0.0974. The Bertz CT molecular complexity index is 1900. The van der Waals surface area contributed by atoms with Crippen molar-refractivity contribution >= 4 is 17.6 Å². The second-order valence-corrected chi connectivity index (χ2v) is 13.5. The first-order valence-corrected chi connectivity index (χ1v) is 17.7. The molecule has 0 saturated carbocycles. The fourth-order valence-corrected chi connectivity index (χ4v) is 6.51. The predicted octanol–water partition coefficient (Wildman–Crippen LogP) is 5.81. The molecule has 0 aliphatic carbocycles. The Morgan fingerprint density at radius 3 is 2.48 bits per heavy atom. The van der Waals surface area contributed by atoms with Crippen molar-refractivity contribution in [2.75, 3.05) is 26.2 Å². The highest BCUT2D eigenvalue weighted by molar-refractivity contribution is 6.32. The van der Waals surface area contributed by atoms with Crippen LogP contribution in [0.4, 0.5) is 0 Å². The number of hydrogen-bond acceptors (Lipinski definition) is 10. The Hall–Kier alpha value is -4.70. The van der Waals surface area contributed by atoms with Crippen LogP contribution in [0.25, 0.3) is 11.1 Å². The van der Waals surface area contributed by atoms with Crippen molar-refractivity contribution in [3.05, 3.63) is 105 Å². The summed E-state index contributed by atoms with van der Waals surface area (Å²) in [5.41, 5.74) is 6.80. The number of β-amino-alcohol motifs (C(OH)–C–C–N with tert-alkyl or cyclic N) is 1. The average molecular weight is 729 g/mol. The Labute approximate surface area is 309 Å². The van der Waals surface area contributed by atoms with Gasteiger partial charge < -0.3 is 34.4 Å². The number of nitrogens with zero attached hydrogens (tertiary/aromatic N) is 3. The van der Waals surface area contributed by atoms with Gasteiger partial charge in [-0.15, -0.1) is 0 Å². The molecule has 4 N–H and O–H groups in total. The molecule has 12 heteroatoms. The second kappa shape index (κ2) is 18.2. The number of ether oxygens (including phenoxy) is 3. The molecule has 52 heavy (non-hydrogen) atoms. The van der Waals surface area contributed by atoms with Crippen LogP contribution in [0.1, 0.15) is 53.1 Å². The Kier molecular flexibility index (Phi) is 13.5. The smallest absolute Gasteiger partial charge is 0.323 e. The van der Waals surface area contributed by atoms with Gasteiger partial charge in [-0.05, 0) is 79.6 Å². The number of aliphatic carboxylic acids is 1. The van der Waals surface area contributed by atoms with Gasteiger partial charge in [0.25, 0.3) is 0 Å². The lowest BCUT2D eigenvalue weighted by Crippen LogP contribution is -2.44. The van der Waals surface area contributed by atoms with Crippen molar-refractivity contribution in [3.63, 3.8) is 0 Å². The maximum absolute atomic E-state index is 11.7. The number of carbonyl (C=O) groups is 1. The maximum Gasteiger partial charge on any atom is 0.323 e. The molecule has 0 amide bonds. The van der Waals surface area contributed by atoms with Gasteiger partial charge in [0.2, 0.25) is 0 Å². The van der Waals surface area contributed by atoms with Gasteiger partial charge in [0.05, 0.1) is 29.4 Å². The van der Waals surface area contributed by atoms with Gasteiger partial charge >= 0.3 is 5.97 Å². The van der Waals surface area contributed by atoms with Crippen LogP contribution in [0.2, 0.25) is 5.02 Å². The molecule has 0 unspecified atom stereocenters. The lowest BCUT2D eigenvalue weighted by Gasteiger charge is -2.20. The van der Waals surface area contributed by atoms with Crippen LogP contribution in [0.15, 0.2) is 67.0 Å².